The van der Waals surface area contributed by atoms with Gasteiger partial charge in [0.1, 0.15) is 110 Å². The van der Waals surface area contributed by atoms with Gasteiger partial charge in [0.25, 0.3) is 0 Å². The fourth-order valence-electron chi connectivity index (χ4n) is 12.6. The minimum Gasteiger partial charge on any atom is -0.396 e. The number of aliphatic hydroxyl groups is 19. The number of rotatable bonds is 35. The lowest BCUT2D eigenvalue weighted by Gasteiger charge is -2.52. The van der Waals surface area contributed by atoms with Gasteiger partial charge in [0.05, 0.1) is 72.9 Å². The lowest BCUT2D eigenvalue weighted by molar-refractivity contribution is -0.400. The minimum absolute atomic E-state index is 0.418. The van der Waals surface area contributed by atoms with Gasteiger partial charge < -0.3 is 186 Å². The summed E-state index contributed by atoms with van der Waals surface area (Å²) in [6, 6.07) is -9.73. The summed E-state index contributed by atoms with van der Waals surface area (Å²) in [6.07, 6.45) is -60.7. The molecule has 6 saturated heterocycles. The van der Waals surface area contributed by atoms with Crippen molar-refractivity contribution in [2.75, 3.05) is 46.8 Å². The lowest BCUT2D eigenvalue weighted by atomic mass is 9.93. The van der Waals surface area contributed by atoms with E-state index in [2.05, 4.69) is 31.9 Å². The smallest absolute Gasteiger partial charge is 0.249 e. The van der Waals surface area contributed by atoms with Crippen molar-refractivity contribution in [1.29, 1.82) is 0 Å². The number of hydrogen-bond donors (Lipinski definition) is 25. The van der Waals surface area contributed by atoms with E-state index in [0.29, 0.717) is 0 Å². The van der Waals surface area contributed by atoms with Crippen LogP contribution in [0.4, 0.5) is 0 Å². The highest BCUT2D eigenvalue weighted by Crippen LogP contribution is 2.39. The van der Waals surface area contributed by atoms with Crippen LogP contribution in [0.1, 0.15) is 80.1 Å². The van der Waals surface area contributed by atoms with Crippen LogP contribution in [0.2, 0.25) is 0 Å². The molecule has 6 rings (SSSR count). The van der Waals surface area contributed by atoms with Crippen molar-refractivity contribution in [2.24, 2.45) is 0 Å². The van der Waals surface area contributed by atoms with E-state index >= 15 is 0 Å². The molecule has 0 aliphatic carbocycles. The Morgan fingerprint density at radius 1 is 0.279 bits per heavy atom. The first-order valence-corrected chi connectivity index (χ1v) is 34.2. The molecule has 0 aromatic heterocycles. The molecule has 6 heterocycles. The van der Waals surface area contributed by atoms with Crippen LogP contribution in [0, 0.1) is 0 Å². The van der Waals surface area contributed by atoms with Crippen LogP contribution >= 0.6 is 0 Å². The Labute approximate surface area is 595 Å². The number of ether oxygens (including phenoxy) is 12. The van der Waals surface area contributed by atoms with E-state index in [-0.39, 0.29) is 0 Å². The molecule has 43 heteroatoms. The van der Waals surface area contributed by atoms with Crippen LogP contribution in [0.25, 0.3) is 0 Å². The first-order valence-electron chi connectivity index (χ1n) is 34.2. The van der Waals surface area contributed by atoms with Gasteiger partial charge in [-0.25, -0.2) is 0 Å². The summed E-state index contributed by atoms with van der Waals surface area (Å²) in [7, 11) is 1.14. The second-order valence-corrected chi connectivity index (χ2v) is 26.3. The SMILES string of the molecule is CO[C@H]1O[C@H](C)[C@@H](NC(=O)C(O)CCO)[C@H](O)[C@@H]1O[C@H]1O[C@H](C)[C@@H](NC(=O)C(O)CCO)[C@H](O)[C@@H]1O[C@H]1O[C@H](C)[C@@H](NC(=O)C(O)CCO)[C@H](O)[C@@H]1O[C@H]1O[C@H](C)[C@@H](NC(=O)C(O)CCO)[C@H](O)[C@@H]1O[C@H]1O[C@H](C)[C@@H](NC(=O)C(O)CCO)[C@H](O)[C@@H]1O[C@H]1O[C@H](C)[C@@H](NC(=O)C(O)CCO)[C@H](O)[C@@H]1O. The average molecular weight is 1520 g/mol. The lowest BCUT2D eigenvalue weighted by Crippen LogP contribution is -2.71. The zero-order valence-corrected chi connectivity index (χ0v) is 58.1. The van der Waals surface area contributed by atoms with Crippen molar-refractivity contribution in [1.82, 2.24) is 31.9 Å². The van der Waals surface area contributed by atoms with Crippen molar-refractivity contribution in [3.63, 3.8) is 0 Å². The Balaban J connectivity index is 1.49. The summed E-state index contributed by atoms with van der Waals surface area (Å²) >= 11 is 0. The molecule has 0 spiro atoms. The molecule has 25 N–H and O–H groups in total. The van der Waals surface area contributed by atoms with E-state index in [1.165, 1.54) is 41.5 Å². The zero-order valence-electron chi connectivity index (χ0n) is 58.1. The third-order valence-electron chi connectivity index (χ3n) is 18.8. The second kappa shape index (κ2) is 40.9. The van der Waals surface area contributed by atoms with Gasteiger partial charge in [-0.2, -0.15) is 0 Å². The number of amides is 6. The second-order valence-electron chi connectivity index (χ2n) is 26.3. The third-order valence-corrected chi connectivity index (χ3v) is 18.8. The summed E-state index contributed by atoms with van der Waals surface area (Å²) in [5.74, 6) is -6.91. The fraction of sp³-hybridized carbons (Fsp3) is 0.902. The van der Waals surface area contributed by atoms with Gasteiger partial charge in [-0.3, -0.25) is 28.8 Å². The molecule has 36 atom stereocenters. The molecule has 43 nitrogen and oxygen atoms in total. The summed E-state index contributed by atoms with van der Waals surface area (Å²) in [5, 5.41) is 220. The minimum atomic E-state index is -2.29. The molecule has 0 aromatic carbocycles. The number of nitrogens with one attached hydrogen (secondary N) is 6. The first-order chi connectivity index (χ1) is 49.1. The van der Waals surface area contributed by atoms with Crippen LogP contribution in [0.15, 0.2) is 0 Å². The normalized spacial score (nSPS) is 40.1. The van der Waals surface area contributed by atoms with Crippen LogP contribution in [0.5, 0.6) is 0 Å². The molecule has 6 unspecified atom stereocenters. The maximum absolute atomic E-state index is 13.6. The molecule has 6 aliphatic rings. The Hall–Kier alpha value is -4.42. The fourth-order valence-corrected chi connectivity index (χ4v) is 12.6. The molecule has 0 bridgehead atoms. The third kappa shape index (κ3) is 22.0. The van der Waals surface area contributed by atoms with Crippen molar-refractivity contribution < 1.29 is 183 Å². The van der Waals surface area contributed by atoms with Gasteiger partial charge in [0.2, 0.25) is 35.4 Å². The Bertz CT molecular complexity index is 2690. The van der Waals surface area contributed by atoms with E-state index < -0.39 is 334 Å². The molecule has 6 fully saturated rings. The van der Waals surface area contributed by atoms with E-state index in [1.807, 2.05) is 0 Å². The molecule has 6 aliphatic heterocycles. The highest BCUT2D eigenvalue weighted by atomic mass is 16.8. The molecule has 0 aromatic rings. The molecule has 6 amide bonds. The average Bonchev–Trinajstić information content (AvgIpc) is 0.811. The van der Waals surface area contributed by atoms with Crippen LogP contribution in [0.3, 0.4) is 0 Å². The van der Waals surface area contributed by atoms with Gasteiger partial charge in [-0.05, 0) is 41.5 Å². The standard InChI is InChI=1S/C61H106N6O37/c1-20-32(62-50(87)26(74)8-14-68)38(80)44(86)56(94-20)100-46-40(82)34(64-52(89)28(76)10-16-70)22(3)96-58(46)102-48-42(84)36(66-54(91)30(78)12-18-72)24(5)98-60(48)104-49-43(85)37(67-55(92)31(79)13-19-73)25(6)99-61(49)103-47-41(83)35(65-53(90)29(77)11-17-71)23(4)97-59(47)101-45-39(81)33(21(2)95-57(45)93-7)63-51(88)27(75)9-15-69/h20-49,56-61,68-86H,8-19H2,1-7H3,(H,62,87)(H,63,88)(H,64,89)(H,65,90)(H,66,91)(H,67,92)/t20-,21-,22-,23-,24-,25-,26?,27?,28?,29?,30?,31?,32-,33-,34-,35-,36-,37-,38+,39+,40+,41+,42+,43+,44+,45+,46+,47+,48+,49+,56-,57+,58-,59-,60-,61-/m1/s1. The Kier molecular flexibility index (Phi) is 34.8. The Morgan fingerprint density at radius 2 is 0.442 bits per heavy atom. The molecule has 0 radical (unpaired) electrons. The predicted molar refractivity (Wildman–Crippen MR) is 337 cm³/mol. The van der Waals surface area contributed by atoms with Crippen molar-refractivity contribution in [3.8, 4) is 0 Å². The molecular formula is C61H106N6O37. The van der Waals surface area contributed by atoms with Gasteiger partial charge in [0.15, 0.2) is 37.7 Å². The van der Waals surface area contributed by atoms with Gasteiger partial charge in [-0.15, -0.1) is 0 Å². The van der Waals surface area contributed by atoms with Crippen LogP contribution in [-0.4, -0.2) is 400 Å². The topological polar surface area (TPSA) is 670 Å². The number of hydrogen-bond acceptors (Lipinski definition) is 37. The molecule has 104 heavy (non-hydrogen) atoms. The number of aliphatic hydroxyl groups excluding tert-OH is 19. The van der Waals surface area contributed by atoms with E-state index in [9.17, 15) is 126 Å². The van der Waals surface area contributed by atoms with E-state index in [0.717, 1.165) is 7.11 Å². The van der Waals surface area contributed by atoms with Crippen molar-refractivity contribution in [3.05, 3.63) is 0 Å². The number of carbonyl (C=O) groups excluding carboxylic acids is 6. The van der Waals surface area contributed by atoms with Crippen LogP contribution in [-0.2, 0) is 85.6 Å². The summed E-state index contributed by atoms with van der Waals surface area (Å²) < 4.78 is 74.9. The van der Waals surface area contributed by atoms with Gasteiger partial charge in [0, 0.05) is 85.3 Å². The molecular weight excluding hydrogens is 1410 g/mol. The quantitative estimate of drug-likeness (QED) is 0.0280. The zero-order chi connectivity index (χ0) is 77.5. The van der Waals surface area contributed by atoms with E-state index in [4.69, 9.17) is 56.8 Å². The number of methoxy groups -OCH3 is 1. The summed E-state index contributed by atoms with van der Waals surface area (Å²) in [4.78, 5) is 80.1. The Morgan fingerprint density at radius 3 is 0.635 bits per heavy atom. The maximum Gasteiger partial charge on any atom is 0.249 e. The van der Waals surface area contributed by atoms with Crippen molar-refractivity contribution >= 4 is 35.4 Å². The summed E-state index contributed by atoms with van der Waals surface area (Å²) in [5.41, 5.74) is 0. The highest BCUT2D eigenvalue weighted by molar-refractivity contribution is 5.83. The summed E-state index contributed by atoms with van der Waals surface area (Å²) in [6.45, 7) is 3.73. The monoisotopic (exact) mass is 1510 g/mol. The molecule has 602 valence electrons. The largest absolute Gasteiger partial charge is 0.396 e. The highest BCUT2D eigenvalue weighted by Gasteiger charge is 2.59. The van der Waals surface area contributed by atoms with Crippen LogP contribution < -0.4 is 31.9 Å². The van der Waals surface area contributed by atoms with E-state index in [1.54, 1.807) is 0 Å². The van der Waals surface area contributed by atoms with Gasteiger partial charge in [-0.1, -0.05) is 0 Å². The van der Waals surface area contributed by atoms with Gasteiger partial charge >= 0.3 is 0 Å². The molecule has 0 saturated carbocycles. The number of carbonyl (C=O) groups is 6. The predicted octanol–water partition coefficient (Wildman–Crippen LogP) is -14.1. The van der Waals surface area contributed by atoms with Crippen molar-refractivity contribution in [2.45, 2.75) is 301 Å². The maximum atomic E-state index is 13.6. The first kappa shape index (κ1) is 88.5.